The fraction of sp³-hybridized carbons (Fsp3) is 0.308. The lowest BCUT2D eigenvalue weighted by Crippen LogP contribution is -2.44. The second kappa shape index (κ2) is 13.5. The van der Waals surface area contributed by atoms with E-state index in [4.69, 9.17) is 9.15 Å². The molecule has 2 aromatic carbocycles. The molecule has 0 aliphatic carbocycles. The van der Waals surface area contributed by atoms with Crippen LogP contribution in [0, 0.1) is 0 Å². The number of hydrogen-bond donors (Lipinski definition) is 1. The molecule has 1 N–H and O–H groups in total. The Morgan fingerprint density at radius 1 is 0.971 bits per heavy atom. The second-order valence-electron chi connectivity index (χ2n) is 7.74. The van der Waals surface area contributed by atoms with Gasteiger partial charge in [-0.1, -0.05) is 30.3 Å². The summed E-state index contributed by atoms with van der Waals surface area (Å²) in [5.41, 5.74) is 1.69. The number of benzene rings is 2. The molecule has 7 nitrogen and oxygen atoms in total. The molecule has 1 heterocycles. The van der Waals surface area contributed by atoms with Crippen molar-refractivity contribution < 1.29 is 18.7 Å². The summed E-state index contributed by atoms with van der Waals surface area (Å²) in [7, 11) is 1.62. The normalized spacial score (nSPS) is 10.6. The van der Waals surface area contributed by atoms with Crippen LogP contribution in [0.15, 0.2) is 82.3 Å². The van der Waals surface area contributed by atoms with E-state index in [1.807, 2.05) is 66.9 Å². The van der Waals surface area contributed by atoms with Gasteiger partial charge in [0.25, 0.3) is 0 Å². The summed E-state index contributed by atoms with van der Waals surface area (Å²) in [5.74, 6) is 0.527. The number of furan rings is 1. The first-order valence-corrected chi connectivity index (χ1v) is 12.3. The standard InChI is InChI=1S/C26H31N3O4S/c1-32-16-7-15-28(26(31)27-22-11-13-24(34-2)14-12-22)20-25(30)29(19-23-10-6-17-33-23)18-21-8-4-3-5-9-21/h3-6,8-14,17H,7,15-16,18-20H2,1-2H3,(H,27,31). The van der Waals surface area contributed by atoms with E-state index in [1.165, 1.54) is 4.90 Å². The lowest BCUT2D eigenvalue weighted by atomic mass is 10.2. The van der Waals surface area contributed by atoms with Gasteiger partial charge in [0, 0.05) is 37.4 Å². The third-order valence-corrected chi connectivity index (χ3v) is 5.97. The number of rotatable bonds is 12. The topological polar surface area (TPSA) is 75.0 Å². The molecule has 34 heavy (non-hydrogen) atoms. The van der Waals surface area contributed by atoms with E-state index < -0.39 is 0 Å². The molecule has 0 saturated heterocycles. The number of hydrogen-bond acceptors (Lipinski definition) is 5. The average molecular weight is 482 g/mol. The van der Waals surface area contributed by atoms with Crippen LogP contribution in [0.1, 0.15) is 17.7 Å². The molecule has 180 valence electrons. The molecule has 0 radical (unpaired) electrons. The molecule has 0 bridgehead atoms. The minimum atomic E-state index is -0.320. The van der Waals surface area contributed by atoms with Crippen molar-refractivity contribution in [1.29, 1.82) is 0 Å². The van der Waals surface area contributed by atoms with Crippen molar-refractivity contribution in [1.82, 2.24) is 9.80 Å². The molecule has 3 aromatic rings. The van der Waals surface area contributed by atoms with Gasteiger partial charge in [-0.15, -0.1) is 11.8 Å². The number of urea groups is 1. The van der Waals surface area contributed by atoms with Gasteiger partial charge in [0.1, 0.15) is 12.3 Å². The monoisotopic (exact) mass is 481 g/mol. The first-order chi connectivity index (χ1) is 16.6. The van der Waals surface area contributed by atoms with E-state index >= 15 is 0 Å². The van der Waals surface area contributed by atoms with Gasteiger partial charge in [-0.05, 0) is 54.6 Å². The van der Waals surface area contributed by atoms with Crippen LogP contribution in [-0.4, -0.2) is 54.8 Å². The Morgan fingerprint density at radius 3 is 2.38 bits per heavy atom. The summed E-state index contributed by atoms with van der Waals surface area (Å²) < 4.78 is 10.6. The van der Waals surface area contributed by atoms with Crippen LogP contribution in [0.5, 0.6) is 0 Å². The Labute approximate surface area is 205 Å². The Morgan fingerprint density at radius 2 is 1.74 bits per heavy atom. The van der Waals surface area contributed by atoms with Gasteiger partial charge in [0.2, 0.25) is 5.91 Å². The van der Waals surface area contributed by atoms with Crippen molar-refractivity contribution in [3.8, 4) is 0 Å². The predicted molar refractivity (Wildman–Crippen MR) is 135 cm³/mol. The third-order valence-electron chi connectivity index (χ3n) is 5.23. The largest absolute Gasteiger partial charge is 0.467 e. The summed E-state index contributed by atoms with van der Waals surface area (Å²) in [6, 6.07) is 20.7. The zero-order valence-corrected chi connectivity index (χ0v) is 20.4. The second-order valence-corrected chi connectivity index (χ2v) is 8.62. The quantitative estimate of drug-likeness (QED) is 0.288. The fourth-order valence-electron chi connectivity index (χ4n) is 3.42. The van der Waals surface area contributed by atoms with Gasteiger partial charge in [0.15, 0.2) is 0 Å². The van der Waals surface area contributed by atoms with Gasteiger partial charge in [0.05, 0.1) is 12.8 Å². The summed E-state index contributed by atoms with van der Waals surface area (Å²) in [6.07, 6.45) is 4.22. The number of methoxy groups -OCH3 is 1. The van der Waals surface area contributed by atoms with E-state index in [-0.39, 0.29) is 18.5 Å². The van der Waals surface area contributed by atoms with E-state index in [2.05, 4.69) is 5.32 Å². The highest BCUT2D eigenvalue weighted by Gasteiger charge is 2.22. The lowest BCUT2D eigenvalue weighted by Gasteiger charge is -2.27. The number of nitrogens with zero attached hydrogens (tertiary/aromatic N) is 2. The Bertz CT molecular complexity index is 1010. The van der Waals surface area contributed by atoms with E-state index in [1.54, 1.807) is 36.1 Å². The van der Waals surface area contributed by atoms with Gasteiger partial charge in [-0.3, -0.25) is 4.79 Å². The zero-order valence-electron chi connectivity index (χ0n) is 19.6. The predicted octanol–water partition coefficient (Wildman–Crippen LogP) is 5.10. The smallest absolute Gasteiger partial charge is 0.322 e. The minimum absolute atomic E-state index is 0.0496. The van der Waals surface area contributed by atoms with Gasteiger partial charge >= 0.3 is 6.03 Å². The molecular formula is C26H31N3O4S. The average Bonchev–Trinajstić information content (AvgIpc) is 3.37. The molecule has 0 atom stereocenters. The van der Waals surface area contributed by atoms with Gasteiger partial charge in [-0.25, -0.2) is 4.79 Å². The van der Waals surface area contributed by atoms with Crippen molar-refractivity contribution in [2.24, 2.45) is 0 Å². The van der Waals surface area contributed by atoms with E-state index in [9.17, 15) is 9.59 Å². The maximum atomic E-state index is 13.4. The molecule has 0 saturated carbocycles. The molecule has 3 amide bonds. The SMILES string of the molecule is COCCCN(CC(=O)N(Cc1ccccc1)Cc1ccco1)C(=O)Nc1ccc(SC)cc1. The van der Waals surface area contributed by atoms with Crippen LogP contribution >= 0.6 is 11.8 Å². The highest BCUT2D eigenvalue weighted by molar-refractivity contribution is 7.98. The number of carbonyl (C=O) groups excluding carboxylic acids is 2. The van der Waals surface area contributed by atoms with Crippen molar-refractivity contribution >= 4 is 29.4 Å². The van der Waals surface area contributed by atoms with Crippen LogP contribution in [-0.2, 0) is 22.6 Å². The number of carbonyl (C=O) groups is 2. The number of anilines is 1. The summed E-state index contributed by atoms with van der Waals surface area (Å²) in [6.45, 7) is 1.59. The van der Waals surface area contributed by atoms with Crippen molar-refractivity contribution in [3.05, 3.63) is 84.3 Å². The van der Waals surface area contributed by atoms with E-state index in [0.29, 0.717) is 44.1 Å². The van der Waals surface area contributed by atoms with Crippen LogP contribution in [0.25, 0.3) is 0 Å². The third kappa shape index (κ3) is 7.97. The maximum Gasteiger partial charge on any atom is 0.322 e. The van der Waals surface area contributed by atoms with Crippen molar-refractivity contribution in [2.75, 3.05) is 38.4 Å². The number of amides is 3. The molecule has 3 rings (SSSR count). The number of thioether (sulfide) groups is 1. The molecular weight excluding hydrogens is 450 g/mol. The number of ether oxygens (including phenoxy) is 1. The highest BCUT2D eigenvalue weighted by Crippen LogP contribution is 2.18. The van der Waals surface area contributed by atoms with Gasteiger partial charge < -0.3 is 24.3 Å². The van der Waals surface area contributed by atoms with Crippen LogP contribution in [0.4, 0.5) is 10.5 Å². The molecule has 8 heteroatoms. The zero-order chi connectivity index (χ0) is 24.2. The summed E-state index contributed by atoms with van der Waals surface area (Å²) in [4.78, 5) is 30.8. The molecule has 0 fully saturated rings. The number of nitrogens with one attached hydrogen (secondary N) is 1. The summed E-state index contributed by atoms with van der Waals surface area (Å²) >= 11 is 1.63. The Kier molecular flexibility index (Phi) is 10.1. The van der Waals surface area contributed by atoms with Gasteiger partial charge in [-0.2, -0.15) is 0 Å². The molecule has 0 unspecified atom stereocenters. The summed E-state index contributed by atoms with van der Waals surface area (Å²) in [5, 5.41) is 2.91. The van der Waals surface area contributed by atoms with Crippen LogP contribution in [0.3, 0.4) is 0 Å². The minimum Gasteiger partial charge on any atom is -0.467 e. The Balaban J connectivity index is 1.72. The van der Waals surface area contributed by atoms with Crippen molar-refractivity contribution in [2.45, 2.75) is 24.4 Å². The Hall–Kier alpha value is -3.23. The van der Waals surface area contributed by atoms with Crippen LogP contribution < -0.4 is 5.32 Å². The molecule has 0 aliphatic heterocycles. The first kappa shape index (κ1) is 25.4. The van der Waals surface area contributed by atoms with E-state index in [0.717, 1.165) is 10.5 Å². The highest BCUT2D eigenvalue weighted by atomic mass is 32.2. The van der Waals surface area contributed by atoms with Crippen LogP contribution in [0.2, 0.25) is 0 Å². The fourth-order valence-corrected chi connectivity index (χ4v) is 3.83. The first-order valence-electron chi connectivity index (χ1n) is 11.1. The molecule has 0 aliphatic rings. The lowest BCUT2D eigenvalue weighted by molar-refractivity contribution is -0.133. The molecule has 1 aromatic heterocycles. The van der Waals surface area contributed by atoms with Crippen molar-refractivity contribution in [3.63, 3.8) is 0 Å². The maximum absolute atomic E-state index is 13.4. The molecule has 0 spiro atoms.